The van der Waals surface area contributed by atoms with Crippen LogP contribution in [0.4, 0.5) is 0 Å². The van der Waals surface area contributed by atoms with Gasteiger partial charge in [-0.2, -0.15) is 0 Å². The summed E-state index contributed by atoms with van der Waals surface area (Å²) in [7, 11) is 0. The quantitative estimate of drug-likeness (QED) is 0.349. The standard InChI is InChI=1S/C16H33/c1-4-6-8-10-11-13-15-16(3)14-12-9-7-5-2/h14,16H,4-13,15H2,1-3H3. The van der Waals surface area contributed by atoms with Gasteiger partial charge in [-0.05, 0) is 18.8 Å². The van der Waals surface area contributed by atoms with E-state index < -0.39 is 0 Å². The van der Waals surface area contributed by atoms with Crippen LogP contribution < -0.4 is 0 Å². The minimum Gasteiger partial charge on any atom is -0.0654 e. The summed E-state index contributed by atoms with van der Waals surface area (Å²) in [6, 6.07) is 0. The van der Waals surface area contributed by atoms with Gasteiger partial charge in [0.15, 0.2) is 0 Å². The third-order valence-corrected chi connectivity index (χ3v) is 3.39. The molecule has 0 aromatic heterocycles. The molecule has 0 aromatic rings. The highest BCUT2D eigenvalue weighted by Crippen LogP contribution is 2.16. The van der Waals surface area contributed by atoms with Gasteiger partial charge in [0.2, 0.25) is 0 Å². The van der Waals surface area contributed by atoms with E-state index >= 15 is 0 Å². The zero-order valence-electron chi connectivity index (χ0n) is 11.9. The molecule has 1 atom stereocenters. The van der Waals surface area contributed by atoms with Crippen LogP contribution in [0.1, 0.15) is 91.4 Å². The van der Waals surface area contributed by atoms with Crippen LogP contribution in [0.3, 0.4) is 0 Å². The van der Waals surface area contributed by atoms with Crippen LogP contribution in [0.2, 0.25) is 0 Å². The zero-order valence-corrected chi connectivity index (χ0v) is 11.9. The van der Waals surface area contributed by atoms with E-state index in [-0.39, 0.29) is 0 Å². The number of unbranched alkanes of at least 4 members (excludes halogenated alkanes) is 8. The highest BCUT2D eigenvalue weighted by molar-refractivity contribution is 4.72. The Morgan fingerprint density at radius 1 is 0.750 bits per heavy atom. The van der Waals surface area contributed by atoms with Gasteiger partial charge in [-0.15, -0.1) is 0 Å². The van der Waals surface area contributed by atoms with Gasteiger partial charge < -0.3 is 0 Å². The van der Waals surface area contributed by atoms with Gasteiger partial charge >= 0.3 is 0 Å². The second kappa shape index (κ2) is 13.1. The monoisotopic (exact) mass is 225 g/mol. The molecule has 0 N–H and O–H groups in total. The molecule has 0 rings (SSSR count). The molecule has 16 heavy (non-hydrogen) atoms. The summed E-state index contributed by atoms with van der Waals surface area (Å²) in [4.78, 5) is 0. The van der Waals surface area contributed by atoms with Gasteiger partial charge in [-0.1, -0.05) is 85.0 Å². The van der Waals surface area contributed by atoms with Gasteiger partial charge in [0.05, 0.1) is 0 Å². The van der Waals surface area contributed by atoms with Crippen molar-refractivity contribution in [2.45, 2.75) is 91.4 Å². The Kier molecular flexibility index (Phi) is 13.1. The molecule has 0 saturated heterocycles. The lowest BCUT2D eigenvalue weighted by molar-refractivity contribution is 0.508. The van der Waals surface area contributed by atoms with Crippen LogP contribution >= 0.6 is 0 Å². The van der Waals surface area contributed by atoms with Gasteiger partial charge in [0, 0.05) is 0 Å². The molecule has 0 heterocycles. The van der Waals surface area contributed by atoms with Gasteiger partial charge in [-0.25, -0.2) is 0 Å². The molecule has 0 aliphatic carbocycles. The maximum absolute atomic E-state index is 2.54. The summed E-state index contributed by atoms with van der Waals surface area (Å²) >= 11 is 0. The fourth-order valence-electron chi connectivity index (χ4n) is 2.16. The third kappa shape index (κ3) is 12.1. The highest BCUT2D eigenvalue weighted by Gasteiger charge is 2.01. The second-order valence-electron chi connectivity index (χ2n) is 5.27. The zero-order chi connectivity index (χ0) is 12.1. The van der Waals surface area contributed by atoms with Gasteiger partial charge in [0.1, 0.15) is 0 Å². The van der Waals surface area contributed by atoms with Crippen molar-refractivity contribution in [3.8, 4) is 0 Å². The van der Waals surface area contributed by atoms with Crippen molar-refractivity contribution in [1.82, 2.24) is 0 Å². The minimum absolute atomic E-state index is 0.850. The molecular weight excluding hydrogens is 192 g/mol. The van der Waals surface area contributed by atoms with Gasteiger partial charge in [0.25, 0.3) is 0 Å². The first kappa shape index (κ1) is 16.0. The average Bonchev–Trinajstić information content (AvgIpc) is 2.29. The summed E-state index contributed by atoms with van der Waals surface area (Å²) < 4.78 is 0. The van der Waals surface area contributed by atoms with Crippen LogP contribution in [0, 0.1) is 12.3 Å². The van der Waals surface area contributed by atoms with E-state index in [0.717, 1.165) is 5.92 Å². The summed E-state index contributed by atoms with van der Waals surface area (Å²) in [6.07, 6.45) is 18.0. The lowest BCUT2D eigenvalue weighted by atomic mass is 9.96. The lowest BCUT2D eigenvalue weighted by Gasteiger charge is -2.10. The highest BCUT2D eigenvalue weighted by atomic mass is 14.1. The predicted molar refractivity (Wildman–Crippen MR) is 75.6 cm³/mol. The predicted octanol–water partition coefficient (Wildman–Crippen LogP) is 6.16. The van der Waals surface area contributed by atoms with Crippen molar-refractivity contribution in [2.75, 3.05) is 0 Å². The van der Waals surface area contributed by atoms with Crippen LogP contribution in [-0.4, -0.2) is 0 Å². The smallest absolute Gasteiger partial charge is 0.0358 e. The Morgan fingerprint density at radius 3 is 2.00 bits per heavy atom. The fourth-order valence-corrected chi connectivity index (χ4v) is 2.16. The molecule has 0 spiro atoms. The Hall–Kier alpha value is 0. The van der Waals surface area contributed by atoms with Crippen LogP contribution in [0.25, 0.3) is 0 Å². The molecule has 0 amide bonds. The molecule has 1 radical (unpaired) electrons. The SMILES string of the molecule is CCCCC[CH]C(C)CCCCCCCC. The van der Waals surface area contributed by atoms with E-state index in [0.29, 0.717) is 0 Å². The molecule has 0 aliphatic heterocycles. The average molecular weight is 225 g/mol. The van der Waals surface area contributed by atoms with Crippen LogP contribution in [0.5, 0.6) is 0 Å². The normalized spacial score (nSPS) is 12.9. The number of rotatable bonds is 12. The molecule has 0 aliphatic rings. The molecule has 0 nitrogen and oxygen atoms in total. The Bertz CT molecular complexity index is 117. The first-order valence-corrected chi connectivity index (χ1v) is 7.64. The van der Waals surface area contributed by atoms with Crippen molar-refractivity contribution in [3.05, 3.63) is 6.42 Å². The topological polar surface area (TPSA) is 0 Å². The van der Waals surface area contributed by atoms with Crippen molar-refractivity contribution in [3.63, 3.8) is 0 Å². The van der Waals surface area contributed by atoms with Crippen molar-refractivity contribution >= 4 is 0 Å². The number of hydrogen-bond donors (Lipinski definition) is 0. The van der Waals surface area contributed by atoms with E-state index in [2.05, 4.69) is 27.2 Å². The van der Waals surface area contributed by atoms with E-state index in [1.54, 1.807) is 0 Å². The van der Waals surface area contributed by atoms with E-state index in [1.165, 1.54) is 70.6 Å². The summed E-state index contributed by atoms with van der Waals surface area (Å²) in [5.41, 5.74) is 0. The summed E-state index contributed by atoms with van der Waals surface area (Å²) in [5.74, 6) is 0.850. The molecular formula is C16H33. The molecule has 1 unspecified atom stereocenters. The van der Waals surface area contributed by atoms with Crippen LogP contribution in [-0.2, 0) is 0 Å². The largest absolute Gasteiger partial charge is 0.0654 e. The molecule has 0 heteroatoms. The maximum Gasteiger partial charge on any atom is -0.0358 e. The lowest BCUT2D eigenvalue weighted by Crippen LogP contribution is -1.96. The maximum atomic E-state index is 2.54. The summed E-state index contributed by atoms with van der Waals surface area (Å²) in [6.45, 7) is 6.95. The molecule has 97 valence electrons. The van der Waals surface area contributed by atoms with Crippen molar-refractivity contribution < 1.29 is 0 Å². The second-order valence-corrected chi connectivity index (χ2v) is 5.27. The first-order valence-electron chi connectivity index (χ1n) is 7.64. The summed E-state index contributed by atoms with van der Waals surface area (Å²) in [5, 5.41) is 0. The van der Waals surface area contributed by atoms with E-state index in [4.69, 9.17) is 0 Å². The Labute approximate surface area is 104 Å². The van der Waals surface area contributed by atoms with E-state index in [1.807, 2.05) is 0 Å². The molecule has 0 saturated carbocycles. The van der Waals surface area contributed by atoms with Crippen molar-refractivity contribution in [1.29, 1.82) is 0 Å². The molecule has 0 bridgehead atoms. The molecule has 0 fully saturated rings. The Morgan fingerprint density at radius 2 is 1.31 bits per heavy atom. The van der Waals surface area contributed by atoms with Crippen molar-refractivity contribution in [2.24, 2.45) is 5.92 Å². The molecule has 0 aromatic carbocycles. The first-order chi connectivity index (χ1) is 7.81. The van der Waals surface area contributed by atoms with E-state index in [9.17, 15) is 0 Å². The fraction of sp³-hybridized carbons (Fsp3) is 0.938. The number of hydrogen-bond acceptors (Lipinski definition) is 0. The Balaban J connectivity index is 3.08. The third-order valence-electron chi connectivity index (χ3n) is 3.39. The van der Waals surface area contributed by atoms with Crippen LogP contribution in [0.15, 0.2) is 0 Å². The van der Waals surface area contributed by atoms with Gasteiger partial charge in [-0.3, -0.25) is 0 Å². The minimum atomic E-state index is 0.850.